The Morgan fingerprint density at radius 3 is 1.96 bits per heavy atom. The van der Waals surface area contributed by atoms with E-state index in [1.807, 2.05) is 0 Å². The SMILES string of the molecule is O=c1c2[nH]cc[nH]c2c(=O)c2c(=O)n(Cc3cccc(F)c3)c(=O)c12. The highest BCUT2D eigenvalue weighted by Crippen LogP contribution is 2.07. The Balaban J connectivity index is 2.10. The van der Waals surface area contributed by atoms with E-state index in [1.165, 1.54) is 30.6 Å². The number of fused-ring (bicyclic) bond motifs is 2. The number of benzene rings is 2. The van der Waals surface area contributed by atoms with Crippen molar-refractivity contribution in [3.8, 4) is 0 Å². The third kappa shape index (κ3) is 2.11. The molecule has 0 aliphatic rings. The second-order valence-electron chi connectivity index (χ2n) is 5.61. The molecule has 0 unspecified atom stereocenters. The van der Waals surface area contributed by atoms with Gasteiger partial charge in [0, 0.05) is 12.4 Å². The monoisotopic (exact) mass is 339 g/mol. The number of hydrogen-bond acceptors (Lipinski definition) is 4. The Hall–Kier alpha value is -3.55. The van der Waals surface area contributed by atoms with Gasteiger partial charge < -0.3 is 9.97 Å². The first-order valence-electron chi connectivity index (χ1n) is 7.35. The molecule has 2 N–H and O–H groups in total. The van der Waals surface area contributed by atoms with Crippen molar-refractivity contribution < 1.29 is 4.39 Å². The molecule has 0 atom stereocenters. The van der Waals surface area contributed by atoms with E-state index in [4.69, 9.17) is 0 Å². The van der Waals surface area contributed by atoms with Crippen LogP contribution in [0.1, 0.15) is 5.56 Å². The quantitative estimate of drug-likeness (QED) is 0.555. The molecule has 0 saturated carbocycles. The van der Waals surface area contributed by atoms with Gasteiger partial charge in [0.2, 0.25) is 10.9 Å². The molecule has 2 aromatic carbocycles. The number of hydrogen-bond donors (Lipinski definition) is 2. The molecule has 0 fully saturated rings. The molecule has 2 aromatic heterocycles. The molecule has 2 heterocycles. The summed E-state index contributed by atoms with van der Waals surface area (Å²) in [5, 5.41) is -0.899. The van der Waals surface area contributed by atoms with Crippen LogP contribution in [0.2, 0.25) is 0 Å². The fourth-order valence-corrected chi connectivity index (χ4v) is 2.96. The lowest BCUT2D eigenvalue weighted by atomic mass is 10.1. The summed E-state index contributed by atoms with van der Waals surface area (Å²) in [5.41, 5.74) is -2.92. The van der Waals surface area contributed by atoms with E-state index < -0.39 is 38.6 Å². The lowest BCUT2D eigenvalue weighted by molar-refractivity contribution is 0.622. The molecular formula is C17H10FN3O4. The maximum absolute atomic E-state index is 13.3. The smallest absolute Gasteiger partial charge is 0.266 e. The van der Waals surface area contributed by atoms with E-state index in [0.717, 1.165) is 4.57 Å². The lowest BCUT2D eigenvalue weighted by Gasteiger charge is -2.00. The minimum Gasteiger partial charge on any atom is -0.355 e. The van der Waals surface area contributed by atoms with Gasteiger partial charge in [0.25, 0.3) is 11.1 Å². The van der Waals surface area contributed by atoms with E-state index in [0.29, 0.717) is 5.56 Å². The highest BCUT2D eigenvalue weighted by molar-refractivity contribution is 5.93. The van der Waals surface area contributed by atoms with Gasteiger partial charge in [-0.1, -0.05) is 12.1 Å². The molecule has 0 aliphatic heterocycles. The van der Waals surface area contributed by atoms with Crippen molar-refractivity contribution >= 4 is 21.8 Å². The highest BCUT2D eigenvalue weighted by atomic mass is 19.1. The van der Waals surface area contributed by atoms with E-state index in [9.17, 15) is 23.6 Å². The fourth-order valence-electron chi connectivity index (χ4n) is 2.96. The van der Waals surface area contributed by atoms with Crippen LogP contribution >= 0.6 is 0 Å². The van der Waals surface area contributed by atoms with Crippen molar-refractivity contribution in [2.24, 2.45) is 0 Å². The Kier molecular flexibility index (Phi) is 3.14. The van der Waals surface area contributed by atoms with Gasteiger partial charge in [-0.05, 0) is 17.7 Å². The number of halogens is 1. The van der Waals surface area contributed by atoms with E-state index in [2.05, 4.69) is 9.97 Å². The number of H-pyrrole nitrogens is 2. The first kappa shape index (κ1) is 15.0. The second kappa shape index (κ2) is 5.23. The van der Waals surface area contributed by atoms with Crippen molar-refractivity contribution in [1.29, 1.82) is 0 Å². The number of aromatic nitrogens is 3. The van der Waals surface area contributed by atoms with Crippen LogP contribution in [0.4, 0.5) is 4.39 Å². The first-order chi connectivity index (χ1) is 12.0. The van der Waals surface area contributed by atoms with Crippen molar-refractivity contribution in [3.05, 3.63) is 89.2 Å². The van der Waals surface area contributed by atoms with Crippen molar-refractivity contribution in [1.82, 2.24) is 14.5 Å². The number of rotatable bonds is 2. The molecular weight excluding hydrogens is 329 g/mol. The van der Waals surface area contributed by atoms with Crippen LogP contribution in [-0.4, -0.2) is 14.5 Å². The van der Waals surface area contributed by atoms with E-state index in [-0.39, 0.29) is 17.6 Å². The molecule has 0 spiro atoms. The predicted octanol–water partition coefficient (Wildman–Crippen LogP) is 0.517. The van der Waals surface area contributed by atoms with Gasteiger partial charge in [-0.15, -0.1) is 0 Å². The molecule has 0 saturated heterocycles. The maximum Gasteiger partial charge on any atom is 0.266 e. The van der Waals surface area contributed by atoms with Crippen LogP contribution in [0.3, 0.4) is 0 Å². The molecule has 4 aromatic rings. The van der Waals surface area contributed by atoms with E-state index in [1.54, 1.807) is 6.07 Å². The van der Waals surface area contributed by atoms with Gasteiger partial charge in [-0.25, -0.2) is 4.39 Å². The third-order valence-corrected chi connectivity index (χ3v) is 4.09. The minimum absolute atomic E-state index is 0.0694. The van der Waals surface area contributed by atoms with Gasteiger partial charge >= 0.3 is 0 Å². The molecule has 4 rings (SSSR count). The molecule has 8 heteroatoms. The maximum atomic E-state index is 13.3. The zero-order valence-corrected chi connectivity index (χ0v) is 12.6. The fraction of sp³-hybridized carbons (Fsp3) is 0.0588. The van der Waals surface area contributed by atoms with Crippen molar-refractivity contribution in [2.75, 3.05) is 0 Å². The summed E-state index contributed by atoms with van der Waals surface area (Å²) < 4.78 is 14.1. The molecule has 7 nitrogen and oxygen atoms in total. The third-order valence-electron chi connectivity index (χ3n) is 4.09. The van der Waals surface area contributed by atoms with Crippen molar-refractivity contribution in [2.45, 2.75) is 6.54 Å². The second-order valence-corrected chi connectivity index (χ2v) is 5.61. The average Bonchev–Trinajstić information content (AvgIpc) is 2.85. The summed E-state index contributed by atoms with van der Waals surface area (Å²) in [4.78, 5) is 55.4. The summed E-state index contributed by atoms with van der Waals surface area (Å²) in [6.07, 6.45) is 2.81. The normalized spacial score (nSPS) is 11.4. The Labute approximate surface area is 137 Å². The zero-order chi connectivity index (χ0) is 17.7. The Morgan fingerprint density at radius 1 is 0.880 bits per heavy atom. The zero-order valence-electron chi connectivity index (χ0n) is 12.6. The van der Waals surface area contributed by atoms with Crippen LogP contribution in [0.15, 0.2) is 55.8 Å². The van der Waals surface area contributed by atoms with Crippen LogP contribution in [0.25, 0.3) is 21.8 Å². The van der Waals surface area contributed by atoms with Gasteiger partial charge in [0.1, 0.15) is 27.6 Å². The Bertz CT molecular complexity index is 1290. The largest absolute Gasteiger partial charge is 0.355 e. The average molecular weight is 339 g/mol. The summed E-state index contributed by atoms with van der Waals surface area (Å²) in [7, 11) is 0. The van der Waals surface area contributed by atoms with E-state index >= 15 is 0 Å². The summed E-state index contributed by atoms with van der Waals surface area (Å²) in [6, 6.07) is 5.40. The number of nitrogens with zero attached hydrogens (tertiary/aromatic N) is 1. The molecule has 0 bridgehead atoms. The van der Waals surface area contributed by atoms with Crippen LogP contribution in [-0.2, 0) is 6.54 Å². The lowest BCUT2D eigenvalue weighted by Crippen LogP contribution is -2.27. The predicted molar refractivity (Wildman–Crippen MR) is 89.9 cm³/mol. The number of aromatic amines is 2. The molecule has 0 aliphatic carbocycles. The molecule has 124 valence electrons. The van der Waals surface area contributed by atoms with Gasteiger partial charge in [0.15, 0.2) is 0 Å². The molecule has 0 amide bonds. The van der Waals surface area contributed by atoms with Gasteiger partial charge in [-0.3, -0.25) is 23.7 Å². The van der Waals surface area contributed by atoms with Crippen LogP contribution < -0.4 is 22.0 Å². The van der Waals surface area contributed by atoms with Gasteiger partial charge in [0.05, 0.1) is 6.54 Å². The minimum atomic E-state index is -0.856. The number of nitrogens with one attached hydrogen (secondary N) is 2. The highest BCUT2D eigenvalue weighted by Gasteiger charge is 2.22. The van der Waals surface area contributed by atoms with Crippen LogP contribution in [0, 0.1) is 5.82 Å². The van der Waals surface area contributed by atoms with Crippen molar-refractivity contribution in [3.63, 3.8) is 0 Å². The summed E-state index contributed by atoms with van der Waals surface area (Å²) in [5.74, 6) is -0.516. The van der Waals surface area contributed by atoms with Gasteiger partial charge in [-0.2, -0.15) is 0 Å². The molecule has 0 radical (unpaired) electrons. The first-order valence-corrected chi connectivity index (χ1v) is 7.35. The molecule has 25 heavy (non-hydrogen) atoms. The van der Waals surface area contributed by atoms with Crippen LogP contribution in [0.5, 0.6) is 0 Å². The summed E-state index contributed by atoms with van der Waals surface area (Å²) in [6.45, 7) is -0.229. The summed E-state index contributed by atoms with van der Waals surface area (Å²) >= 11 is 0. The topological polar surface area (TPSA) is 105 Å². The Morgan fingerprint density at radius 2 is 1.44 bits per heavy atom. The standard InChI is InChI=1S/C17H10FN3O4/c18-9-3-1-2-8(6-9)7-21-16(24)10-11(17(21)25)15(23)13-12(14(10)22)19-4-5-20-13/h1-6,19-20H,7H2.